The highest BCUT2D eigenvalue weighted by atomic mass is 35.5. The lowest BCUT2D eigenvalue weighted by molar-refractivity contribution is -0.123. The smallest absolute Gasteiger partial charge is 0.276 e. The molecular formula is C16H15ClN2O4. The first-order valence-electron chi connectivity index (χ1n) is 6.73. The van der Waals surface area contributed by atoms with E-state index in [1.807, 2.05) is 6.92 Å². The molecule has 0 atom stereocenters. The second kappa shape index (κ2) is 7.51. The Balaban J connectivity index is 1.82. The van der Waals surface area contributed by atoms with Gasteiger partial charge >= 0.3 is 0 Å². The van der Waals surface area contributed by atoms with E-state index in [0.717, 1.165) is 5.56 Å². The van der Waals surface area contributed by atoms with Gasteiger partial charge in [0.1, 0.15) is 11.5 Å². The van der Waals surface area contributed by atoms with Crippen molar-refractivity contribution in [3.8, 4) is 11.5 Å². The summed E-state index contributed by atoms with van der Waals surface area (Å²) in [6.07, 6.45) is 0. The van der Waals surface area contributed by atoms with Crippen molar-refractivity contribution in [2.24, 2.45) is 0 Å². The number of aryl methyl sites for hydroxylation is 1. The Kier molecular flexibility index (Phi) is 5.43. The molecular weight excluding hydrogens is 320 g/mol. The third-order valence-electron chi connectivity index (χ3n) is 2.92. The van der Waals surface area contributed by atoms with Crippen molar-refractivity contribution in [1.29, 1.82) is 0 Å². The average molecular weight is 335 g/mol. The number of aromatic hydroxyl groups is 1. The van der Waals surface area contributed by atoms with Crippen LogP contribution in [0.2, 0.25) is 5.02 Å². The summed E-state index contributed by atoms with van der Waals surface area (Å²) >= 11 is 5.83. The third-order valence-corrected chi connectivity index (χ3v) is 3.15. The van der Waals surface area contributed by atoms with Crippen molar-refractivity contribution in [1.82, 2.24) is 10.9 Å². The maximum atomic E-state index is 11.8. The van der Waals surface area contributed by atoms with Gasteiger partial charge in [0.2, 0.25) is 0 Å². The lowest BCUT2D eigenvalue weighted by Crippen LogP contribution is -2.43. The van der Waals surface area contributed by atoms with Crippen LogP contribution in [0.15, 0.2) is 42.5 Å². The number of hydrazine groups is 1. The van der Waals surface area contributed by atoms with Gasteiger partial charge < -0.3 is 9.84 Å². The Labute approximate surface area is 138 Å². The maximum Gasteiger partial charge on any atom is 0.276 e. The molecule has 0 radical (unpaired) electrons. The third kappa shape index (κ3) is 4.89. The highest BCUT2D eigenvalue weighted by molar-refractivity contribution is 6.30. The summed E-state index contributed by atoms with van der Waals surface area (Å²) in [5, 5.41) is 9.88. The Morgan fingerprint density at radius 3 is 2.65 bits per heavy atom. The molecule has 0 spiro atoms. The molecule has 0 aromatic heterocycles. The Hall–Kier alpha value is -2.73. The van der Waals surface area contributed by atoms with Crippen LogP contribution in [-0.4, -0.2) is 23.5 Å². The van der Waals surface area contributed by atoms with E-state index in [-0.39, 0.29) is 17.9 Å². The van der Waals surface area contributed by atoms with Crippen molar-refractivity contribution in [2.45, 2.75) is 6.92 Å². The number of benzene rings is 2. The number of phenolic OH excluding ortho intramolecular Hbond substituents is 1. The second-order valence-electron chi connectivity index (χ2n) is 4.75. The molecule has 0 unspecified atom stereocenters. The summed E-state index contributed by atoms with van der Waals surface area (Å²) in [6.45, 7) is 1.55. The minimum Gasteiger partial charge on any atom is -0.508 e. The number of phenols is 1. The van der Waals surface area contributed by atoms with Crippen LogP contribution in [0.1, 0.15) is 15.9 Å². The quantitative estimate of drug-likeness (QED) is 0.748. The highest BCUT2D eigenvalue weighted by Gasteiger charge is 2.09. The molecule has 0 heterocycles. The molecule has 0 aliphatic carbocycles. The zero-order valence-electron chi connectivity index (χ0n) is 12.3. The first-order valence-corrected chi connectivity index (χ1v) is 7.10. The normalized spacial score (nSPS) is 10.0. The van der Waals surface area contributed by atoms with Crippen molar-refractivity contribution < 1.29 is 19.4 Å². The van der Waals surface area contributed by atoms with E-state index in [1.165, 1.54) is 24.3 Å². The first kappa shape index (κ1) is 16.6. The number of hydrogen-bond donors (Lipinski definition) is 3. The predicted molar refractivity (Wildman–Crippen MR) is 85.4 cm³/mol. The van der Waals surface area contributed by atoms with Crippen molar-refractivity contribution in [3.05, 3.63) is 58.6 Å². The molecule has 3 N–H and O–H groups in total. The summed E-state index contributed by atoms with van der Waals surface area (Å²) < 4.78 is 5.35. The number of carbonyl (C=O) groups is 2. The van der Waals surface area contributed by atoms with Gasteiger partial charge in [-0.25, -0.2) is 0 Å². The van der Waals surface area contributed by atoms with Crippen LogP contribution in [0.25, 0.3) is 0 Å². The summed E-state index contributed by atoms with van der Waals surface area (Å²) in [5.74, 6) is -0.570. The van der Waals surface area contributed by atoms with E-state index in [4.69, 9.17) is 16.3 Å². The molecule has 0 saturated heterocycles. The summed E-state index contributed by atoms with van der Waals surface area (Å²) in [7, 11) is 0. The van der Waals surface area contributed by atoms with E-state index < -0.39 is 11.8 Å². The van der Waals surface area contributed by atoms with Gasteiger partial charge in [0.15, 0.2) is 6.61 Å². The topological polar surface area (TPSA) is 87.7 Å². The Bertz CT molecular complexity index is 734. The van der Waals surface area contributed by atoms with Crippen molar-refractivity contribution in [3.63, 3.8) is 0 Å². The molecule has 0 aliphatic heterocycles. The van der Waals surface area contributed by atoms with E-state index in [1.54, 1.807) is 18.2 Å². The maximum absolute atomic E-state index is 11.8. The van der Waals surface area contributed by atoms with Crippen LogP contribution < -0.4 is 15.6 Å². The number of nitrogens with one attached hydrogen (secondary N) is 2. The fourth-order valence-corrected chi connectivity index (χ4v) is 2.03. The van der Waals surface area contributed by atoms with Crippen LogP contribution in [0.3, 0.4) is 0 Å². The van der Waals surface area contributed by atoms with Crippen LogP contribution in [-0.2, 0) is 4.79 Å². The van der Waals surface area contributed by atoms with Crippen LogP contribution in [0.5, 0.6) is 11.5 Å². The molecule has 0 fully saturated rings. The molecule has 6 nitrogen and oxygen atoms in total. The first-order chi connectivity index (χ1) is 11.0. The largest absolute Gasteiger partial charge is 0.508 e. The minimum absolute atomic E-state index is 0.0366. The monoisotopic (exact) mass is 334 g/mol. The van der Waals surface area contributed by atoms with E-state index in [0.29, 0.717) is 10.8 Å². The zero-order valence-corrected chi connectivity index (χ0v) is 13.1. The molecule has 0 saturated carbocycles. The Morgan fingerprint density at radius 2 is 1.96 bits per heavy atom. The number of carbonyl (C=O) groups excluding carboxylic acids is 2. The number of hydrogen-bond acceptors (Lipinski definition) is 4. The molecule has 7 heteroatoms. The average Bonchev–Trinajstić information content (AvgIpc) is 2.51. The lowest BCUT2D eigenvalue weighted by Gasteiger charge is -2.10. The fraction of sp³-hybridized carbons (Fsp3) is 0.125. The predicted octanol–water partition coefficient (Wildman–Crippen LogP) is 2.19. The standard InChI is InChI=1S/C16H15ClN2O4/c1-10-7-12(17)5-6-14(10)23-9-15(21)18-19-16(22)11-3-2-4-13(20)8-11/h2-8,20H,9H2,1H3,(H,18,21)(H,19,22). The van der Waals surface area contributed by atoms with Gasteiger partial charge in [0, 0.05) is 10.6 Å². The van der Waals surface area contributed by atoms with Crippen molar-refractivity contribution >= 4 is 23.4 Å². The zero-order chi connectivity index (χ0) is 16.8. The molecule has 0 bridgehead atoms. The van der Waals surface area contributed by atoms with Gasteiger partial charge in [-0.1, -0.05) is 17.7 Å². The van der Waals surface area contributed by atoms with Gasteiger partial charge in [0.25, 0.3) is 11.8 Å². The molecule has 23 heavy (non-hydrogen) atoms. The number of halogens is 1. The van der Waals surface area contributed by atoms with Gasteiger partial charge in [-0.15, -0.1) is 0 Å². The highest BCUT2D eigenvalue weighted by Crippen LogP contribution is 2.21. The molecule has 2 rings (SSSR count). The van der Waals surface area contributed by atoms with Crippen LogP contribution >= 0.6 is 11.6 Å². The molecule has 2 amide bonds. The van der Waals surface area contributed by atoms with Crippen molar-refractivity contribution in [2.75, 3.05) is 6.61 Å². The number of rotatable bonds is 4. The molecule has 2 aromatic rings. The lowest BCUT2D eigenvalue weighted by atomic mass is 10.2. The van der Waals surface area contributed by atoms with E-state index in [2.05, 4.69) is 10.9 Å². The van der Waals surface area contributed by atoms with Gasteiger partial charge in [-0.3, -0.25) is 20.4 Å². The molecule has 0 aliphatic rings. The van der Waals surface area contributed by atoms with Gasteiger partial charge in [0.05, 0.1) is 0 Å². The second-order valence-corrected chi connectivity index (χ2v) is 5.19. The van der Waals surface area contributed by atoms with Gasteiger partial charge in [-0.05, 0) is 48.9 Å². The number of amides is 2. The fourth-order valence-electron chi connectivity index (χ4n) is 1.80. The summed E-state index contributed by atoms with van der Waals surface area (Å²) in [4.78, 5) is 23.4. The summed E-state index contributed by atoms with van der Waals surface area (Å²) in [5.41, 5.74) is 5.49. The summed E-state index contributed by atoms with van der Waals surface area (Å²) in [6, 6.07) is 10.8. The number of ether oxygens (including phenoxy) is 1. The van der Waals surface area contributed by atoms with Crippen LogP contribution in [0.4, 0.5) is 0 Å². The van der Waals surface area contributed by atoms with E-state index in [9.17, 15) is 14.7 Å². The SMILES string of the molecule is Cc1cc(Cl)ccc1OCC(=O)NNC(=O)c1cccc(O)c1. The van der Waals surface area contributed by atoms with Crippen LogP contribution in [0, 0.1) is 6.92 Å². The Morgan fingerprint density at radius 1 is 1.17 bits per heavy atom. The van der Waals surface area contributed by atoms with Gasteiger partial charge in [-0.2, -0.15) is 0 Å². The molecule has 2 aromatic carbocycles. The van der Waals surface area contributed by atoms with E-state index >= 15 is 0 Å². The minimum atomic E-state index is -0.545. The molecule has 120 valence electrons.